The van der Waals surface area contributed by atoms with Gasteiger partial charge in [0.15, 0.2) is 0 Å². The first-order valence-corrected chi connectivity index (χ1v) is 9.75. The summed E-state index contributed by atoms with van der Waals surface area (Å²) < 4.78 is 1.93. The third-order valence-corrected chi connectivity index (χ3v) is 6.44. The average molecular weight is 368 g/mol. The molecule has 6 heteroatoms. The van der Waals surface area contributed by atoms with E-state index in [0.29, 0.717) is 0 Å². The number of nitrogens with zero attached hydrogens (tertiary/aromatic N) is 4. The van der Waals surface area contributed by atoms with Gasteiger partial charge in [0.05, 0.1) is 17.3 Å². The van der Waals surface area contributed by atoms with E-state index >= 15 is 0 Å². The Morgan fingerprint density at radius 2 is 2.11 bits per heavy atom. The van der Waals surface area contributed by atoms with E-state index in [1.54, 1.807) is 0 Å². The number of hydrogen-bond acceptors (Lipinski definition) is 4. The Morgan fingerprint density at radius 1 is 1.30 bits per heavy atom. The van der Waals surface area contributed by atoms with Crippen molar-refractivity contribution in [3.05, 3.63) is 47.8 Å². The maximum atomic E-state index is 12.1. The molecule has 3 heterocycles. The summed E-state index contributed by atoms with van der Waals surface area (Å²) in [4.78, 5) is 16.7. The number of likely N-dealkylation sites (tertiary alicyclic amines) is 2. The van der Waals surface area contributed by atoms with Crippen LogP contribution >= 0.6 is 0 Å². The molecular formula is C21H28N4O2. The number of aromatic nitrogens is 2. The fourth-order valence-corrected chi connectivity index (χ4v) is 4.84. The van der Waals surface area contributed by atoms with E-state index in [1.165, 1.54) is 11.1 Å². The lowest BCUT2D eigenvalue weighted by Gasteiger charge is -2.51. The van der Waals surface area contributed by atoms with Crippen LogP contribution in [0.15, 0.2) is 36.7 Å². The molecule has 1 N–H and O–H groups in total. The van der Waals surface area contributed by atoms with Gasteiger partial charge in [-0.25, -0.2) is 4.68 Å². The van der Waals surface area contributed by atoms with Crippen LogP contribution in [-0.2, 0) is 11.3 Å². The molecule has 2 saturated heterocycles. The van der Waals surface area contributed by atoms with Crippen LogP contribution in [0, 0.1) is 12.3 Å². The number of piperidine rings is 2. The number of carboxylic acids is 1. The van der Waals surface area contributed by atoms with Gasteiger partial charge in [0.2, 0.25) is 0 Å². The van der Waals surface area contributed by atoms with Crippen molar-refractivity contribution in [2.75, 3.05) is 26.7 Å². The minimum atomic E-state index is -0.619. The summed E-state index contributed by atoms with van der Waals surface area (Å²) in [6, 6.07) is 8.31. The normalized spacial score (nSPS) is 26.7. The lowest BCUT2D eigenvalue weighted by atomic mass is 9.68. The topological polar surface area (TPSA) is 61.6 Å². The maximum Gasteiger partial charge on any atom is 0.311 e. The smallest absolute Gasteiger partial charge is 0.311 e. The monoisotopic (exact) mass is 368 g/mol. The summed E-state index contributed by atoms with van der Waals surface area (Å²) in [5.41, 5.74) is 2.88. The van der Waals surface area contributed by atoms with Crippen LogP contribution < -0.4 is 0 Å². The van der Waals surface area contributed by atoms with Crippen molar-refractivity contribution in [3.63, 3.8) is 0 Å². The third kappa shape index (κ3) is 3.28. The second-order valence-electron chi connectivity index (χ2n) is 8.13. The van der Waals surface area contributed by atoms with Crippen molar-refractivity contribution < 1.29 is 9.90 Å². The zero-order chi connectivity index (χ0) is 19.0. The van der Waals surface area contributed by atoms with E-state index in [1.807, 2.05) is 23.0 Å². The minimum Gasteiger partial charge on any atom is -0.481 e. The van der Waals surface area contributed by atoms with Crippen LogP contribution in [0.5, 0.6) is 0 Å². The minimum absolute atomic E-state index is 0.0870. The van der Waals surface area contributed by atoms with E-state index in [4.69, 9.17) is 0 Å². The molecule has 1 aromatic heterocycles. The molecule has 0 spiro atoms. The molecule has 0 bridgehead atoms. The first-order valence-electron chi connectivity index (χ1n) is 9.75. The van der Waals surface area contributed by atoms with Gasteiger partial charge in [0.1, 0.15) is 0 Å². The predicted octanol–water partition coefficient (Wildman–Crippen LogP) is 2.55. The van der Waals surface area contributed by atoms with E-state index in [2.05, 4.69) is 47.2 Å². The van der Waals surface area contributed by atoms with Crippen molar-refractivity contribution in [2.24, 2.45) is 5.41 Å². The third-order valence-electron chi connectivity index (χ3n) is 6.44. The van der Waals surface area contributed by atoms with E-state index in [9.17, 15) is 9.90 Å². The zero-order valence-electron chi connectivity index (χ0n) is 16.1. The van der Waals surface area contributed by atoms with Gasteiger partial charge in [-0.3, -0.25) is 9.69 Å². The Labute approximate surface area is 160 Å². The number of aryl methyl sites for hydroxylation is 1. The summed E-state index contributed by atoms with van der Waals surface area (Å²) in [5.74, 6) is -0.619. The number of hydrogen-bond donors (Lipinski definition) is 1. The van der Waals surface area contributed by atoms with Gasteiger partial charge >= 0.3 is 5.97 Å². The summed E-state index contributed by atoms with van der Waals surface area (Å²) in [7, 11) is 2.07. The van der Waals surface area contributed by atoms with Gasteiger partial charge < -0.3 is 10.0 Å². The van der Waals surface area contributed by atoms with Crippen LogP contribution in [0.4, 0.5) is 0 Å². The molecule has 6 nitrogen and oxygen atoms in total. The molecular weight excluding hydrogens is 340 g/mol. The molecule has 0 unspecified atom stereocenters. The first kappa shape index (κ1) is 18.2. The van der Waals surface area contributed by atoms with E-state index in [0.717, 1.165) is 51.1 Å². The summed E-state index contributed by atoms with van der Waals surface area (Å²) in [6.45, 7) is 5.51. The molecule has 0 radical (unpaired) electrons. The average Bonchev–Trinajstić information content (AvgIpc) is 3.11. The second-order valence-corrected chi connectivity index (χ2v) is 8.13. The molecule has 2 aliphatic heterocycles. The number of carboxylic acid groups (broad SMARTS) is 1. The van der Waals surface area contributed by atoms with Crippen LogP contribution in [-0.4, -0.2) is 63.4 Å². The Morgan fingerprint density at radius 3 is 2.89 bits per heavy atom. The van der Waals surface area contributed by atoms with E-state index < -0.39 is 11.4 Å². The highest BCUT2D eigenvalue weighted by molar-refractivity contribution is 5.76. The Bertz CT molecular complexity index is 833. The van der Waals surface area contributed by atoms with Crippen LogP contribution in [0.2, 0.25) is 0 Å². The summed E-state index contributed by atoms with van der Waals surface area (Å²) in [5, 5.41) is 14.5. The lowest BCUT2D eigenvalue weighted by molar-refractivity contribution is -0.162. The van der Waals surface area contributed by atoms with Crippen LogP contribution in [0.1, 0.15) is 30.4 Å². The first-order chi connectivity index (χ1) is 13.0. The van der Waals surface area contributed by atoms with Gasteiger partial charge in [-0.1, -0.05) is 18.2 Å². The van der Waals surface area contributed by atoms with Gasteiger partial charge in [-0.05, 0) is 58.0 Å². The number of likely N-dealkylation sites (N-methyl/N-ethyl adjacent to an activating group) is 1. The SMILES string of the molecule is Cc1ccccc1-n1cc(CN2CC[C@@]3(C(=O)O)CCCN(C)[C@@H]3C2)cn1. The number of carbonyl (C=O) groups is 1. The largest absolute Gasteiger partial charge is 0.481 e. The fraction of sp³-hybridized carbons (Fsp3) is 0.524. The molecule has 2 atom stereocenters. The molecule has 0 saturated carbocycles. The molecule has 4 rings (SSSR count). The van der Waals surface area contributed by atoms with Crippen molar-refractivity contribution in [1.29, 1.82) is 0 Å². The maximum absolute atomic E-state index is 12.1. The quantitative estimate of drug-likeness (QED) is 0.899. The molecule has 0 aliphatic carbocycles. The number of para-hydroxylation sites is 1. The second kappa shape index (κ2) is 7.09. The molecule has 2 fully saturated rings. The molecule has 2 aromatic rings. The number of fused-ring (bicyclic) bond motifs is 1. The van der Waals surface area contributed by atoms with E-state index in [-0.39, 0.29) is 6.04 Å². The highest BCUT2D eigenvalue weighted by Crippen LogP contribution is 2.42. The Hall–Kier alpha value is -2.18. The highest BCUT2D eigenvalue weighted by atomic mass is 16.4. The number of aliphatic carboxylic acids is 1. The van der Waals surface area contributed by atoms with Crippen LogP contribution in [0.3, 0.4) is 0 Å². The predicted molar refractivity (Wildman–Crippen MR) is 104 cm³/mol. The number of rotatable bonds is 4. The standard InChI is InChI=1S/C21H28N4O2/c1-16-6-3-4-7-18(16)25-14-17(12-22-25)13-24-11-9-21(20(26)27)8-5-10-23(2)19(21)15-24/h3-4,6-7,12,14,19H,5,8-11,13,15H2,1-2H3,(H,26,27)/t19-,21+/m1/s1. The van der Waals surface area contributed by atoms with Crippen LogP contribution in [0.25, 0.3) is 5.69 Å². The Kier molecular flexibility index (Phi) is 4.78. The van der Waals surface area contributed by atoms with Gasteiger partial charge in [0.25, 0.3) is 0 Å². The molecule has 0 amide bonds. The Balaban J connectivity index is 1.49. The molecule has 2 aliphatic rings. The van der Waals surface area contributed by atoms with Gasteiger partial charge in [-0.2, -0.15) is 5.10 Å². The highest BCUT2D eigenvalue weighted by Gasteiger charge is 2.52. The zero-order valence-corrected chi connectivity index (χ0v) is 16.1. The van der Waals surface area contributed by atoms with Gasteiger partial charge in [0, 0.05) is 30.9 Å². The van der Waals surface area contributed by atoms with Crippen molar-refractivity contribution in [3.8, 4) is 5.69 Å². The van der Waals surface area contributed by atoms with Crippen molar-refractivity contribution in [1.82, 2.24) is 19.6 Å². The number of benzene rings is 1. The van der Waals surface area contributed by atoms with Crippen molar-refractivity contribution in [2.45, 2.75) is 38.8 Å². The molecule has 27 heavy (non-hydrogen) atoms. The lowest BCUT2D eigenvalue weighted by Crippen LogP contribution is -2.62. The van der Waals surface area contributed by atoms with Gasteiger partial charge in [-0.15, -0.1) is 0 Å². The molecule has 1 aromatic carbocycles. The summed E-state index contributed by atoms with van der Waals surface area (Å²) >= 11 is 0. The fourth-order valence-electron chi connectivity index (χ4n) is 4.84. The molecule has 144 valence electrons. The van der Waals surface area contributed by atoms with Crippen molar-refractivity contribution >= 4 is 5.97 Å². The summed E-state index contributed by atoms with van der Waals surface area (Å²) in [6.07, 6.45) is 6.52.